The molecule has 8 nitrogen and oxygen atoms in total. The summed E-state index contributed by atoms with van der Waals surface area (Å²) in [7, 11) is 0. The number of aryl methyl sites for hydroxylation is 2. The summed E-state index contributed by atoms with van der Waals surface area (Å²) < 4.78 is 5.97. The molecule has 3 aromatic rings. The lowest BCUT2D eigenvalue weighted by molar-refractivity contribution is 0.246. The molecule has 1 heterocycles. The molecule has 0 saturated carbocycles. The SMILES string of the molecule is CCc1ccnc(-c2ccc(OCc3c(Cl)cccc3N(N)C(=O)NN)c(C)c2)n1. The second-order valence-electron chi connectivity index (χ2n) is 6.55. The molecule has 5 N–H and O–H groups in total. The van der Waals surface area contributed by atoms with Crippen molar-refractivity contribution in [3.63, 3.8) is 0 Å². The van der Waals surface area contributed by atoms with Gasteiger partial charge in [-0.1, -0.05) is 24.6 Å². The van der Waals surface area contributed by atoms with Crippen LogP contribution in [0.15, 0.2) is 48.7 Å². The number of carbonyl (C=O) groups is 1. The number of urea groups is 1. The molecule has 9 heteroatoms. The summed E-state index contributed by atoms with van der Waals surface area (Å²) in [5, 5.41) is 1.31. The van der Waals surface area contributed by atoms with Gasteiger partial charge >= 0.3 is 6.03 Å². The van der Waals surface area contributed by atoms with Gasteiger partial charge in [-0.3, -0.25) is 5.43 Å². The number of hydrogen-bond donors (Lipinski definition) is 3. The van der Waals surface area contributed by atoms with Crippen molar-refractivity contribution in [1.29, 1.82) is 0 Å². The first-order chi connectivity index (χ1) is 14.4. The van der Waals surface area contributed by atoms with Crippen LogP contribution in [0.25, 0.3) is 11.4 Å². The predicted octanol–water partition coefficient (Wildman–Crippen LogP) is 3.51. The van der Waals surface area contributed by atoms with Crippen molar-refractivity contribution in [2.75, 3.05) is 5.01 Å². The average molecular weight is 427 g/mol. The molecule has 3 rings (SSSR count). The average Bonchev–Trinajstić information content (AvgIpc) is 2.77. The lowest BCUT2D eigenvalue weighted by atomic mass is 10.1. The highest BCUT2D eigenvalue weighted by Crippen LogP contribution is 2.30. The van der Waals surface area contributed by atoms with Crippen molar-refractivity contribution in [1.82, 2.24) is 15.4 Å². The van der Waals surface area contributed by atoms with E-state index in [0.717, 1.165) is 28.3 Å². The molecule has 1 aromatic heterocycles. The fraction of sp³-hybridized carbons (Fsp3) is 0.190. The van der Waals surface area contributed by atoms with E-state index in [-0.39, 0.29) is 6.61 Å². The summed E-state index contributed by atoms with van der Waals surface area (Å²) in [6.07, 6.45) is 2.60. The number of ether oxygens (including phenoxy) is 1. The van der Waals surface area contributed by atoms with Crippen molar-refractivity contribution >= 4 is 23.3 Å². The van der Waals surface area contributed by atoms with Crippen molar-refractivity contribution < 1.29 is 9.53 Å². The minimum absolute atomic E-state index is 0.114. The van der Waals surface area contributed by atoms with Gasteiger partial charge in [-0.15, -0.1) is 0 Å². The summed E-state index contributed by atoms with van der Waals surface area (Å²) in [5.74, 6) is 12.3. The van der Waals surface area contributed by atoms with E-state index in [0.29, 0.717) is 27.8 Å². The molecule has 2 amide bonds. The Morgan fingerprint density at radius 2 is 2.07 bits per heavy atom. The fourth-order valence-electron chi connectivity index (χ4n) is 2.93. The summed E-state index contributed by atoms with van der Waals surface area (Å²) >= 11 is 6.32. The number of nitrogens with two attached hydrogens (primary N) is 2. The lowest BCUT2D eigenvalue weighted by Gasteiger charge is -2.20. The van der Waals surface area contributed by atoms with Crippen LogP contribution in [-0.4, -0.2) is 16.0 Å². The first-order valence-electron chi connectivity index (χ1n) is 9.33. The van der Waals surface area contributed by atoms with E-state index in [1.54, 1.807) is 24.4 Å². The van der Waals surface area contributed by atoms with Crippen LogP contribution in [0.5, 0.6) is 5.75 Å². The summed E-state index contributed by atoms with van der Waals surface area (Å²) in [6, 6.07) is 12.0. The first kappa shape index (κ1) is 21.5. The van der Waals surface area contributed by atoms with Crippen molar-refractivity contribution in [3.05, 3.63) is 70.5 Å². The van der Waals surface area contributed by atoms with Gasteiger partial charge in [0.15, 0.2) is 5.82 Å². The Kier molecular flexibility index (Phi) is 6.83. The van der Waals surface area contributed by atoms with Gasteiger partial charge in [0.1, 0.15) is 12.4 Å². The molecule has 156 valence electrons. The number of hydrazine groups is 2. The highest BCUT2D eigenvalue weighted by atomic mass is 35.5. The van der Waals surface area contributed by atoms with E-state index in [1.165, 1.54) is 0 Å². The predicted molar refractivity (Wildman–Crippen MR) is 117 cm³/mol. The van der Waals surface area contributed by atoms with Crippen LogP contribution in [0.3, 0.4) is 0 Å². The van der Waals surface area contributed by atoms with Crippen LogP contribution >= 0.6 is 11.6 Å². The van der Waals surface area contributed by atoms with E-state index < -0.39 is 6.03 Å². The van der Waals surface area contributed by atoms with Crippen LogP contribution in [0, 0.1) is 6.92 Å². The normalized spacial score (nSPS) is 10.6. The quantitative estimate of drug-likeness (QED) is 0.315. The van der Waals surface area contributed by atoms with Gasteiger partial charge in [0, 0.05) is 28.0 Å². The van der Waals surface area contributed by atoms with E-state index in [2.05, 4.69) is 16.9 Å². The van der Waals surface area contributed by atoms with Crippen molar-refractivity contribution in [2.45, 2.75) is 26.9 Å². The van der Waals surface area contributed by atoms with Crippen LogP contribution in [0.4, 0.5) is 10.5 Å². The molecule has 0 fully saturated rings. The molecule has 0 spiro atoms. The van der Waals surface area contributed by atoms with Gasteiger partial charge < -0.3 is 4.74 Å². The maximum absolute atomic E-state index is 11.8. The Bertz CT molecular complexity index is 1060. The molecule has 0 saturated heterocycles. The molecule has 0 bridgehead atoms. The maximum atomic E-state index is 11.8. The molecular weight excluding hydrogens is 404 g/mol. The molecule has 0 aliphatic rings. The molecular formula is C21H23ClN6O2. The summed E-state index contributed by atoms with van der Waals surface area (Å²) in [5.41, 5.74) is 5.75. The number of aromatic nitrogens is 2. The largest absolute Gasteiger partial charge is 0.488 e. The van der Waals surface area contributed by atoms with Gasteiger partial charge in [0.2, 0.25) is 0 Å². The van der Waals surface area contributed by atoms with E-state index in [1.807, 2.05) is 36.6 Å². The number of nitrogens with zero attached hydrogens (tertiary/aromatic N) is 3. The third kappa shape index (κ3) is 4.68. The number of benzene rings is 2. The number of halogens is 1. The standard InChI is InChI=1S/C21H23ClN6O2/c1-3-15-9-10-25-20(26-15)14-7-8-19(13(2)11-14)30-12-16-17(22)5-4-6-18(16)28(24)21(29)27-23/h4-11H,3,12,23-24H2,1-2H3,(H,27,29). The minimum atomic E-state index is -0.673. The number of carbonyl (C=O) groups excluding carboxylic acids is 1. The fourth-order valence-corrected chi connectivity index (χ4v) is 3.15. The molecule has 0 aliphatic heterocycles. The van der Waals surface area contributed by atoms with Gasteiger partial charge in [0.05, 0.1) is 5.69 Å². The van der Waals surface area contributed by atoms with E-state index in [9.17, 15) is 4.79 Å². The zero-order valence-corrected chi connectivity index (χ0v) is 17.5. The second kappa shape index (κ2) is 9.53. The van der Waals surface area contributed by atoms with Gasteiger partial charge in [0.25, 0.3) is 0 Å². The van der Waals surface area contributed by atoms with Crippen LogP contribution in [-0.2, 0) is 13.0 Å². The molecule has 0 aliphatic carbocycles. The molecule has 0 radical (unpaired) electrons. The highest BCUT2D eigenvalue weighted by molar-refractivity contribution is 6.31. The third-order valence-corrected chi connectivity index (χ3v) is 4.93. The highest BCUT2D eigenvalue weighted by Gasteiger charge is 2.17. The van der Waals surface area contributed by atoms with Gasteiger partial charge in [-0.05, 0) is 55.3 Å². The Morgan fingerprint density at radius 1 is 1.27 bits per heavy atom. The number of rotatable bonds is 6. The van der Waals surface area contributed by atoms with Crippen molar-refractivity contribution in [2.24, 2.45) is 11.7 Å². The van der Waals surface area contributed by atoms with Gasteiger partial charge in [-0.2, -0.15) is 0 Å². The smallest absolute Gasteiger partial charge is 0.350 e. The van der Waals surface area contributed by atoms with Crippen molar-refractivity contribution in [3.8, 4) is 17.1 Å². The Hall–Kier alpha value is -3.20. The maximum Gasteiger partial charge on any atom is 0.350 e. The monoisotopic (exact) mass is 426 g/mol. The van der Waals surface area contributed by atoms with Gasteiger partial charge in [-0.25, -0.2) is 31.5 Å². The number of anilines is 1. The number of nitrogens with one attached hydrogen (secondary N) is 1. The summed E-state index contributed by atoms with van der Waals surface area (Å²) in [6.45, 7) is 4.10. The minimum Gasteiger partial charge on any atom is -0.488 e. The first-order valence-corrected chi connectivity index (χ1v) is 9.71. The molecule has 2 aromatic carbocycles. The third-order valence-electron chi connectivity index (χ3n) is 4.58. The van der Waals surface area contributed by atoms with Crippen LogP contribution < -0.4 is 26.9 Å². The Labute approximate surface area is 179 Å². The summed E-state index contributed by atoms with van der Waals surface area (Å²) in [4.78, 5) is 20.7. The molecule has 0 atom stereocenters. The lowest BCUT2D eigenvalue weighted by Crippen LogP contribution is -2.48. The topological polar surface area (TPSA) is 119 Å². The van der Waals surface area contributed by atoms with E-state index in [4.69, 9.17) is 28.0 Å². The molecule has 30 heavy (non-hydrogen) atoms. The second-order valence-corrected chi connectivity index (χ2v) is 6.96. The zero-order chi connectivity index (χ0) is 21.7. The zero-order valence-electron chi connectivity index (χ0n) is 16.7. The van der Waals surface area contributed by atoms with Crippen LogP contribution in [0.2, 0.25) is 5.02 Å². The Morgan fingerprint density at radius 3 is 2.77 bits per heavy atom. The van der Waals surface area contributed by atoms with E-state index >= 15 is 0 Å². The molecule has 0 unspecified atom stereocenters. The number of hydrogen-bond acceptors (Lipinski definition) is 6. The number of amides is 2. The van der Waals surface area contributed by atoms with Crippen LogP contribution in [0.1, 0.15) is 23.7 Å². The Balaban J connectivity index is 1.82.